The third kappa shape index (κ3) is 4.60. The molecule has 0 unspecified atom stereocenters. The fourth-order valence-electron chi connectivity index (χ4n) is 7.00. The van der Waals surface area contributed by atoms with Crippen molar-refractivity contribution >= 4 is 43.9 Å². The summed E-state index contributed by atoms with van der Waals surface area (Å²) in [5.41, 5.74) is 10.4. The number of furan rings is 2. The van der Waals surface area contributed by atoms with Gasteiger partial charge in [0.2, 0.25) is 0 Å². The van der Waals surface area contributed by atoms with Gasteiger partial charge in [0.25, 0.3) is 0 Å². The van der Waals surface area contributed by atoms with E-state index >= 15 is 0 Å². The van der Waals surface area contributed by atoms with E-state index in [0.717, 1.165) is 82.8 Å². The molecule has 5 nitrogen and oxygen atoms in total. The minimum atomic E-state index is 0.621. The highest BCUT2D eigenvalue weighted by Crippen LogP contribution is 2.43. The van der Waals surface area contributed by atoms with Crippen LogP contribution in [0.2, 0.25) is 0 Å². The fourth-order valence-corrected chi connectivity index (χ4v) is 7.00. The average Bonchev–Trinajstić information content (AvgIpc) is 3.77. The number of aromatic nitrogens is 3. The topological polar surface area (TPSA) is 65.0 Å². The van der Waals surface area contributed by atoms with Gasteiger partial charge in [-0.3, -0.25) is 0 Å². The maximum Gasteiger partial charge on any atom is 0.164 e. The van der Waals surface area contributed by atoms with Crippen molar-refractivity contribution in [2.75, 3.05) is 0 Å². The fraction of sp³-hybridized carbons (Fsp3) is 0. The van der Waals surface area contributed by atoms with Crippen molar-refractivity contribution in [3.05, 3.63) is 164 Å². The Morgan fingerprint density at radius 1 is 0.300 bits per heavy atom. The van der Waals surface area contributed by atoms with Crippen LogP contribution in [0.5, 0.6) is 0 Å². The monoisotopic (exact) mass is 641 g/mol. The van der Waals surface area contributed by atoms with Gasteiger partial charge in [0.15, 0.2) is 17.5 Å². The molecule has 0 saturated heterocycles. The molecule has 5 heteroatoms. The first-order chi connectivity index (χ1) is 24.8. The van der Waals surface area contributed by atoms with Gasteiger partial charge in [-0.1, -0.05) is 152 Å². The van der Waals surface area contributed by atoms with Crippen LogP contribution in [-0.4, -0.2) is 15.0 Å². The van der Waals surface area contributed by atoms with Crippen molar-refractivity contribution < 1.29 is 8.83 Å². The normalized spacial score (nSPS) is 11.6. The molecule has 0 N–H and O–H groups in total. The van der Waals surface area contributed by atoms with Gasteiger partial charge in [-0.2, -0.15) is 0 Å². The summed E-state index contributed by atoms with van der Waals surface area (Å²) in [7, 11) is 0. The lowest BCUT2D eigenvalue weighted by atomic mass is 9.96. The first-order valence-corrected chi connectivity index (χ1v) is 16.6. The van der Waals surface area contributed by atoms with E-state index in [0.29, 0.717) is 17.5 Å². The van der Waals surface area contributed by atoms with Gasteiger partial charge in [-0.25, -0.2) is 15.0 Å². The molecular weight excluding hydrogens is 615 g/mol. The minimum Gasteiger partial charge on any atom is -0.455 e. The second kappa shape index (κ2) is 11.4. The van der Waals surface area contributed by atoms with Gasteiger partial charge in [0.1, 0.15) is 22.3 Å². The van der Waals surface area contributed by atoms with E-state index in [1.165, 1.54) is 0 Å². The third-order valence-electron chi connectivity index (χ3n) is 9.37. The number of fused-ring (bicyclic) bond motifs is 6. The van der Waals surface area contributed by atoms with Crippen LogP contribution in [0.4, 0.5) is 0 Å². The van der Waals surface area contributed by atoms with Gasteiger partial charge in [-0.15, -0.1) is 0 Å². The Bertz CT molecular complexity index is 2800. The van der Waals surface area contributed by atoms with E-state index in [4.69, 9.17) is 23.8 Å². The highest BCUT2D eigenvalue weighted by atomic mass is 16.3. The van der Waals surface area contributed by atoms with Crippen LogP contribution in [-0.2, 0) is 0 Å². The van der Waals surface area contributed by atoms with Crippen molar-refractivity contribution in [2.45, 2.75) is 0 Å². The second-order valence-corrected chi connectivity index (χ2v) is 12.4. The maximum absolute atomic E-state index is 6.65. The Kier molecular flexibility index (Phi) is 6.42. The molecule has 0 bridgehead atoms. The molecule has 50 heavy (non-hydrogen) atoms. The first kappa shape index (κ1) is 28.2. The molecule has 234 valence electrons. The smallest absolute Gasteiger partial charge is 0.164 e. The van der Waals surface area contributed by atoms with Gasteiger partial charge in [0, 0.05) is 49.4 Å². The largest absolute Gasteiger partial charge is 0.455 e. The Balaban J connectivity index is 1.09. The molecule has 0 atom stereocenters. The summed E-state index contributed by atoms with van der Waals surface area (Å²) in [5, 5.41) is 4.35. The Labute approximate surface area is 287 Å². The summed E-state index contributed by atoms with van der Waals surface area (Å²) in [6, 6.07) is 55.6. The lowest BCUT2D eigenvalue weighted by Gasteiger charge is -2.09. The van der Waals surface area contributed by atoms with Crippen LogP contribution in [0.1, 0.15) is 0 Å². The molecule has 0 aliphatic heterocycles. The van der Waals surface area contributed by atoms with Crippen molar-refractivity contribution in [3.63, 3.8) is 0 Å². The number of benzene rings is 7. The summed E-state index contributed by atoms with van der Waals surface area (Å²) in [6.07, 6.45) is 0. The van der Waals surface area contributed by atoms with Crippen LogP contribution >= 0.6 is 0 Å². The summed E-state index contributed by atoms with van der Waals surface area (Å²) in [5.74, 6) is 1.90. The highest BCUT2D eigenvalue weighted by Gasteiger charge is 2.19. The van der Waals surface area contributed by atoms with Crippen LogP contribution < -0.4 is 0 Å². The summed E-state index contributed by atoms with van der Waals surface area (Å²) in [6.45, 7) is 0. The third-order valence-corrected chi connectivity index (χ3v) is 9.37. The minimum absolute atomic E-state index is 0.621. The predicted molar refractivity (Wildman–Crippen MR) is 202 cm³/mol. The molecule has 0 radical (unpaired) electrons. The van der Waals surface area contributed by atoms with E-state index in [1.54, 1.807) is 0 Å². The molecule has 7 aromatic carbocycles. The van der Waals surface area contributed by atoms with Crippen LogP contribution in [0, 0.1) is 0 Å². The van der Waals surface area contributed by atoms with Crippen LogP contribution in [0.15, 0.2) is 173 Å². The standard InChI is InChI=1S/C45H27N3O2/c1-3-12-29(13-4-1)43-46-44(30-14-5-2-6-15-30)48-45(47-43)31-26-24-28(25-27-31)32-17-9-21-37-40-34(18-11-23-39(40)50-41(32)37)36-20-10-19-35-33-16-7-8-22-38(33)49-42(35)36/h1-27H. The van der Waals surface area contributed by atoms with Crippen molar-refractivity contribution in [2.24, 2.45) is 0 Å². The molecule has 0 fully saturated rings. The summed E-state index contributed by atoms with van der Waals surface area (Å²) < 4.78 is 13.1. The molecule has 0 spiro atoms. The number of nitrogens with zero attached hydrogens (tertiary/aromatic N) is 3. The van der Waals surface area contributed by atoms with Gasteiger partial charge in [-0.05, 0) is 23.3 Å². The first-order valence-electron chi connectivity index (χ1n) is 16.6. The maximum atomic E-state index is 6.65. The summed E-state index contributed by atoms with van der Waals surface area (Å²) >= 11 is 0. The second-order valence-electron chi connectivity index (χ2n) is 12.4. The number of para-hydroxylation sites is 3. The van der Waals surface area contributed by atoms with E-state index in [1.807, 2.05) is 78.9 Å². The van der Waals surface area contributed by atoms with Gasteiger partial charge >= 0.3 is 0 Å². The Morgan fingerprint density at radius 2 is 0.760 bits per heavy atom. The molecule has 3 heterocycles. The summed E-state index contributed by atoms with van der Waals surface area (Å²) in [4.78, 5) is 14.6. The molecule has 0 saturated carbocycles. The van der Waals surface area contributed by atoms with Crippen LogP contribution in [0.3, 0.4) is 0 Å². The zero-order chi connectivity index (χ0) is 33.0. The lowest BCUT2D eigenvalue weighted by Crippen LogP contribution is -2.00. The predicted octanol–water partition coefficient (Wildman–Crippen LogP) is 12.0. The Morgan fingerprint density at radius 3 is 1.46 bits per heavy atom. The quantitative estimate of drug-likeness (QED) is 0.187. The van der Waals surface area contributed by atoms with Gasteiger partial charge < -0.3 is 8.83 Å². The molecule has 10 rings (SSSR count). The van der Waals surface area contributed by atoms with E-state index < -0.39 is 0 Å². The Hall–Kier alpha value is -6.85. The number of rotatable bonds is 5. The SMILES string of the molecule is c1ccc(-c2nc(-c3ccccc3)nc(-c3ccc(-c4cccc5c4oc4cccc(-c6cccc7c6oc6ccccc67)c45)cc3)n2)cc1. The molecule has 0 amide bonds. The van der Waals surface area contributed by atoms with E-state index in [-0.39, 0.29) is 0 Å². The zero-order valence-corrected chi connectivity index (χ0v) is 26.7. The van der Waals surface area contributed by atoms with Crippen LogP contribution in [0.25, 0.3) is 100 Å². The lowest BCUT2D eigenvalue weighted by molar-refractivity contribution is 0.669. The molecule has 10 aromatic rings. The van der Waals surface area contributed by atoms with E-state index in [2.05, 4.69) is 84.9 Å². The average molecular weight is 642 g/mol. The van der Waals surface area contributed by atoms with Crippen molar-refractivity contribution in [3.8, 4) is 56.4 Å². The van der Waals surface area contributed by atoms with Crippen molar-refractivity contribution in [1.29, 1.82) is 0 Å². The number of hydrogen-bond acceptors (Lipinski definition) is 5. The molecule has 3 aromatic heterocycles. The zero-order valence-electron chi connectivity index (χ0n) is 26.7. The number of hydrogen-bond donors (Lipinski definition) is 0. The molecular formula is C45H27N3O2. The highest BCUT2D eigenvalue weighted by molar-refractivity contribution is 6.18. The van der Waals surface area contributed by atoms with E-state index in [9.17, 15) is 0 Å². The molecule has 0 aliphatic carbocycles. The van der Waals surface area contributed by atoms with Gasteiger partial charge in [0.05, 0.1) is 0 Å². The molecule has 0 aliphatic rings. The van der Waals surface area contributed by atoms with Crippen molar-refractivity contribution in [1.82, 2.24) is 15.0 Å².